The zero-order chi connectivity index (χ0) is 13.1. The predicted molar refractivity (Wildman–Crippen MR) is 70.6 cm³/mol. The molecule has 6 heteroatoms. The molecule has 0 unspecified atom stereocenters. The molecule has 0 amide bonds. The summed E-state index contributed by atoms with van der Waals surface area (Å²) in [6.45, 7) is 6.19. The van der Waals surface area contributed by atoms with Gasteiger partial charge in [-0.05, 0) is 20.8 Å². The molecular weight excluding hydrogens is 250 g/mol. The number of anilines is 1. The zero-order valence-corrected chi connectivity index (χ0v) is 11.3. The minimum Gasteiger partial charge on any atom is -0.362 e. The SMILES string of the molecule is Cc1cnc(CNc2nc(C)c(C)nc2Cl)cn1. The smallest absolute Gasteiger partial charge is 0.171 e. The predicted octanol–water partition coefficient (Wildman–Crippen LogP) is 2.46. The largest absolute Gasteiger partial charge is 0.362 e. The van der Waals surface area contributed by atoms with E-state index >= 15 is 0 Å². The molecule has 0 atom stereocenters. The third kappa shape index (κ3) is 2.92. The molecule has 2 aromatic heterocycles. The molecule has 0 bridgehead atoms. The van der Waals surface area contributed by atoms with Gasteiger partial charge in [0, 0.05) is 6.20 Å². The lowest BCUT2D eigenvalue weighted by Gasteiger charge is -2.08. The van der Waals surface area contributed by atoms with Gasteiger partial charge in [-0.2, -0.15) is 0 Å². The van der Waals surface area contributed by atoms with Crippen LogP contribution in [0.3, 0.4) is 0 Å². The first kappa shape index (κ1) is 12.7. The van der Waals surface area contributed by atoms with E-state index in [4.69, 9.17) is 11.6 Å². The Balaban J connectivity index is 2.10. The lowest BCUT2D eigenvalue weighted by atomic mass is 10.3. The number of nitrogens with one attached hydrogen (secondary N) is 1. The number of rotatable bonds is 3. The van der Waals surface area contributed by atoms with E-state index in [-0.39, 0.29) is 0 Å². The van der Waals surface area contributed by atoms with Gasteiger partial charge < -0.3 is 5.32 Å². The van der Waals surface area contributed by atoms with Gasteiger partial charge in [0.25, 0.3) is 0 Å². The maximum absolute atomic E-state index is 6.02. The van der Waals surface area contributed by atoms with E-state index in [0.29, 0.717) is 17.5 Å². The van der Waals surface area contributed by atoms with Crippen LogP contribution in [-0.2, 0) is 6.54 Å². The van der Waals surface area contributed by atoms with Gasteiger partial charge >= 0.3 is 0 Å². The van der Waals surface area contributed by atoms with Gasteiger partial charge in [-0.25, -0.2) is 9.97 Å². The normalized spacial score (nSPS) is 10.4. The van der Waals surface area contributed by atoms with E-state index in [2.05, 4.69) is 25.3 Å². The molecule has 2 aromatic rings. The first-order valence-corrected chi connectivity index (χ1v) is 5.96. The summed E-state index contributed by atoms with van der Waals surface area (Å²) in [5.41, 5.74) is 3.41. The van der Waals surface area contributed by atoms with Crippen LogP contribution in [0.15, 0.2) is 12.4 Å². The molecule has 0 radical (unpaired) electrons. The first-order valence-electron chi connectivity index (χ1n) is 5.58. The average molecular weight is 264 g/mol. The molecule has 0 aromatic carbocycles. The van der Waals surface area contributed by atoms with Crippen molar-refractivity contribution in [1.29, 1.82) is 0 Å². The van der Waals surface area contributed by atoms with Crippen LogP contribution in [0.1, 0.15) is 22.8 Å². The van der Waals surface area contributed by atoms with E-state index in [9.17, 15) is 0 Å². The maximum atomic E-state index is 6.02. The van der Waals surface area contributed by atoms with Gasteiger partial charge in [0.05, 0.1) is 35.5 Å². The Morgan fingerprint density at radius 3 is 2.44 bits per heavy atom. The number of nitrogens with zero attached hydrogens (tertiary/aromatic N) is 4. The van der Waals surface area contributed by atoms with E-state index in [1.54, 1.807) is 12.4 Å². The molecule has 18 heavy (non-hydrogen) atoms. The number of aromatic nitrogens is 4. The second kappa shape index (κ2) is 5.27. The third-order valence-electron chi connectivity index (χ3n) is 2.54. The highest BCUT2D eigenvalue weighted by Crippen LogP contribution is 2.18. The Morgan fingerprint density at radius 1 is 1.06 bits per heavy atom. The Labute approximate surface area is 111 Å². The highest BCUT2D eigenvalue weighted by Gasteiger charge is 2.06. The Kier molecular flexibility index (Phi) is 3.72. The zero-order valence-electron chi connectivity index (χ0n) is 10.5. The van der Waals surface area contributed by atoms with E-state index < -0.39 is 0 Å². The highest BCUT2D eigenvalue weighted by atomic mass is 35.5. The number of aryl methyl sites for hydroxylation is 3. The van der Waals surface area contributed by atoms with Crippen molar-refractivity contribution in [2.45, 2.75) is 27.3 Å². The molecule has 0 aliphatic heterocycles. The number of hydrogen-bond donors (Lipinski definition) is 1. The molecule has 1 N–H and O–H groups in total. The third-order valence-corrected chi connectivity index (χ3v) is 2.80. The second-order valence-electron chi connectivity index (χ2n) is 4.04. The molecule has 0 spiro atoms. The molecule has 0 saturated heterocycles. The summed E-state index contributed by atoms with van der Waals surface area (Å²) in [4.78, 5) is 17.0. The van der Waals surface area contributed by atoms with Gasteiger partial charge in [0.15, 0.2) is 11.0 Å². The molecule has 94 valence electrons. The lowest BCUT2D eigenvalue weighted by molar-refractivity contribution is 0.960. The molecule has 0 saturated carbocycles. The molecule has 2 rings (SSSR count). The first-order chi connectivity index (χ1) is 8.56. The standard InChI is InChI=1S/C12H14ClN5/c1-7-4-15-10(5-14-7)6-16-12-11(13)17-8(2)9(3)18-12/h4-5H,6H2,1-3H3,(H,16,18). The van der Waals surface area contributed by atoms with Crippen LogP contribution >= 0.6 is 11.6 Å². The summed E-state index contributed by atoms with van der Waals surface area (Å²) in [5, 5.41) is 3.48. The van der Waals surface area contributed by atoms with Crippen molar-refractivity contribution < 1.29 is 0 Å². The summed E-state index contributed by atoms with van der Waals surface area (Å²) in [5.74, 6) is 0.571. The van der Waals surface area contributed by atoms with Gasteiger partial charge in [0.2, 0.25) is 0 Å². The Hall–Kier alpha value is -1.75. The molecule has 0 aliphatic rings. The van der Waals surface area contributed by atoms with E-state index in [1.165, 1.54) is 0 Å². The van der Waals surface area contributed by atoms with Crippen LogP contribution in [0.4, 0.5) is 5.82 Å². The second-order valence-corrected chi connectivity index (χ2v) is 4.39. The number of hydrogen-bond acceptors (Lipinski definition) is 5. The van der Waals surface area contributed by atoms with Gasteiger partial charge in [0.1, 0.15) is 0 Å². The van der Waals surface area contributed by atoms with Crippen molar-refractivity contribution in [1.82, 2.24) is 19.9 Å². The monoisotopic (exact) mass is 263 g/mol. The Morgan fingerprint density at radius 2 is 1.78 bits per heavy atom. The average Bonchev–Trinajstić information content (AvgIpc) is 2.34. The minimum absolute atomic E-state index is 0.373. The van der Waals surface area contributed by atoms with E-state index in [1.807, 2.05) is 20.8 Å². The molecular formula is C12H14ClN5. The fourth-order valence-electron chi connectivity index (χ4n) is 1.37. The fraction of sp³-hybridized carbons (Fsp3) is 0.333. The van der Waals surface area contributed by atoms with Crippen LogP contribution in [0, 0.1) is 20.8 Å². The maximum Gasteiger partial charge on any atom is 0.171 e. The summed E-state index contributed by atoms with van der Waals surface area (Å²) in [6.07, 6.45) is 3.45. The topological polar surface area (TPSA) is 63.6 Å². The van der Waals surface area contributed by atoms with Crippen molar-refractivity contribution in [2.75, 3.05) is 5.32 Å². The van der Waals surface area contributed by atoms with Crippen LogP contribution < -0.4 is 5.32 Å². The van der Waals surface area contributed by atoms with Gasteiger partial charge in [-0.1, -0.05) is 11.6 Å². The molecule has 0 fully saturated rings. The minimum atomic E-state index is 0.373. The van der Waals surface area contributed by atoms with Crippen LogP contribution in [0.2, 0.25) is 5.15 Å². The van der Waals surface area contributed by atoms with E-state index in [0.717, 1.165) is 22.8 Å². The summed E-state index contributed by atoms with van der Waals surface area (Å²) >= 11 is 6.02. The highest BCUT2D eigenvalue weighted by molar-refractivity contribution is 6.31. The van der Waals surface area contributed by atoms with Crippen molar-refractivity contribution >= 4 is 17.4 Å². The van der Waals surface area contributed by atoms with Crippen molar-refractivity contribution in [3.05, 3.63) is 40.3 Å². The van der Waals surface area contributed by atoms with Crippen molar-refractivity contribution in [3.8, 4) is 0 Å². The van der Waals surface area contributed by atoms with Crippen LogP contribution in [0.5, 0.6) is 0 Å². The summed E-state index contributed by atoms with van der Waals surface area (Å²) in [7, 11) is 0. The fourth-order valence-corrected chi connectivity index (χ4v) is 1.61. The Bertz CT molecular complexity index is 553. The molecule has 2 heterocycles. The lowest BCUT2D eigenvalue weighted by Crippen LogP contribution is -2.07. The summed E-state index contributed by atoms with van der Waals surface area (Å²) < 4.78 is 0. The van der Waals surface area contributed by atoms with Crippen molar-refractivity contribution in [3.63, 3.8) is 0 Å². The van der Waals surface area contributed by atoms with Gasteiger partial charge in [-0.15, -0.1) is 0 Å². The molecule has 5 nitrogen and oxygen atoms in total. The van der Waals surface area contributed by atoms with Crippen LogP contribution in [0.25, 0.3) is 0 Å². The summed E-state index contributed by atoms with van der Waals surface area (Å²) in [6, 6.07) is 0. The van der Waals surface area contributed by atoms with Crippen molar-refractivity contribution in [2.24, 2.45) is 0 Å². The number of halogens is 1. The quantitative estimate of drug-likeness (QED) is 0.922. The van der Waals surface area contributed by atoms with Crippen LogP contribution in [-0.4, -0.2) is 19.9 Å². The molecule has 0 aliphatic carbocycles. The van der Waals surface area contributed by atoms with Gasteiger partial charge in [-0.3, -0.25) is 9.97 Å².